The van der Waals surface area contributed by atoms with E-state index in [0.717, 1.165) is 0 Å². The fourth-order valence-corrected chi connectivity index (χ4v) is 2.14. The van der Waals surface area contributed by atoms with Crippen LogP contribution < -0.4 is 10.5 Å². The van der Waals surface area contributed by atoms with Crippen molar-refractivity contribution in [2.45, 2.75) is 18.3 Å². The van der Waals surface area contributed by atoms with Gasteiger partial charge >= 0.3 is 6.18 Å². The van der Waals surface area contributed by atoms with Crippen LogP contribution in [0.15, 0.2) is 36.4 Å². The van der Waals surface area contributed by atoms with E-state index < -0.39 is 18.3 Å². The van der Waals surface area contributed by atoms with E-state index >= 15 is 0 Å². The number of aliphatic hydroxyl groups excluding tert-OH is 1. The largest absolute Gasteiger partial charge is 0.496 e. The first-order valence-corrected chi connectivity index (χ1v) is 5.92. The SMILES string of the molecule is COc1ccc([C@@H](N)[C@@H](O)C(F)(F)F)c2ccccc12.Cl. The number of aliphatic hydroxyl groups is 1. The lowest BCUT2D eigenvalue weighted by Crippen LogP contribution is -2.38. The minimum absolute atomic E-state index is 0. The molecule has 0 unspecified atom stereocenters. The molecule has 0 spiro atoms. The highest BCUT2D eigenvalue weighted by atomic mass is 35.5. The Morgan fingerprint density at radius 2 is 1.67 bits per heavy atom. The maximum atomic E-state index is 12.6. The maximum Gasteiger partial charge on any atom is 0.416 e. The number of benzene rings is 2. The molecule has 0 aliphatic heterocycles. The summed E-state index contributed by atoms with van der Waals surface area (Å²) in [7, 11) is 1.48. The Kier molecular flexibility index (Phi) is 5.44. The number of nitrogens with two attached hydrogens (primary N) is 1. The van der Waals surface area contributed by atoms with Crippen LogP contribution in [0.1, 0.15) is 11.6 Å². The quantitative estimate of drug-likeness (QED) is 0.913. The number of fused-ring (bicyclic) bond motifs is 1. The molecule has 3 N–H and O–H groups in total. The van der Waals surface area contributed by atoms with Crippen LogP contribution in [0.2, 0.25) is 0 Å². The van der Waals surface area contributed by atoms with Gasteiger partial charge < -0.3 is 15.6 Å². The van der Waals surface area contributed by atoms with E-state index in [4.69, 9.17) is 10.5 Å². The summed E-state index contributed by atoms with van der Waals surface area (Å²) in [6, 6.07) is 8.26. The van der Waals surface area contributed by atoms with Gasteiger partial charge in [-0.1, -0.05) is 30.3 Å². The average molecular weight is 322 g/mol. The van der Waals surface area contributed by atoms with Crippen molar-refractivity contribution < 1.29 is 23.0 Å². The minimum Gasteiger partial charge on any atom is -0.496 e. The van der Waals surface area contributed by atoms with Crippen LogP contribution >= 0.6 is 12.4 Å². The summed E-state index contributed by atoms with van der Waals surface area (Å²) in [6.45, 7) is 0. The van der Waals surface area contributed by atoms with E-state index in [0.29, 0.717) is 16.5 Å². The predicted octanol–water partition coefficient (Wildman–Crippen LogP) is 3.19. The predicted molar refractivity (Wildman–Crippen MR) is 76.7 cm³/mol. The summed E-state index contributed by atoms with van der Waals surface area (Å²) in [5.74, 6) is 0.540. The third-order valence-corrected chi connectivity index (χ3v) is 3.17. The molecule has 0 aliphatic carbocycles. The van der Waals surface area contributed by atoms with Crippen molar-refractivity contribution in [3.05, 3.63) is 42.0 Å². The molecule has 0 amide bonds. The summed E-state index contributed by atoms with van der Waals surface area (Å²) in [6.07, 6.45) is -7.38. The monoisotopic (exact) mass is 321 g/mol. The first kappa shape index (κ1) is 17.6. The summed E-state index contributed by atoms with van der Waals surface area (Å²) in [5.41, 5.74) is 5.80. The van der Waals surface area contributed by atoms with Gasteiger partial charge in [0, 0.05) is 5.39 Å². The van der Waals surface area contributed by atoms with E-state index in [1.165, 1.54) is 13.2 Å². The molecule has 0 aliphatic rings. The van der Waals surface area contributed by atoms with Gasteiger partial charge in [0.15, 0.2) is 6.10 Å². The number of ether oxygens (including phenoxy) is 1. The molecule has 2 rings (SSSR count). The zero-order valence-corrected chi connectivity index (χ0v) is 11.9. The first-order chi connectivity index (χ1) is 9.36. The van der Waals surface area contributed by atoms with Crippen molar-refractivity contribution >= 4 is 23.2 Å². The molecule has 21 heavy (non-hydrogen) atoms. The molecule has 3 nitrogen and oxygen atoms in total. The summed E-state index contributed by atoms with van der Waals surface area (Å²) in [4.78, 5) is 0. The fourth-order valence-electron chi connectivity index (χ4n) is 2.14. The molecular weight excluding hydrogens is 307 g/mol. The number of hydrogen-bond acceptors (Lipinski definition) is 3. The Labute approximate surface area is 125 Å². The second kappa shape index (κ2) is 6.51. The van der Waals surface area contributed by atoms with Gasteiger partial charge in [-0.3, -0.25) is 0 Å². The molecule has 7 heteroatoms. The second-order valence-electron chi connectivity index (χ2n) is 4.41. The lowest BCUT2D eigenvalue weighted by atomic mass is 9.95. The lowest BCUT2D eigenvalue weighted by Gasteiger charge is -2.23. The molecule has 116 valence electrons. The molecule has 2 atom stereocenters. The summed E-state index contributed by atoms with van der Waals surface area (Å²) >= 11 is 0. The van der Waals surface area contributed by atoms with Crippen molar-refractivity contribution in [3.63, 3.8) is 0 Å². The van der Waals surface area contributed by atoms with E-state index in [-0.39, 0.29) is 18.0 Å². The second-order valence-corrected chi connectivity index (χ2v) is 4.41. The van der Waals surface area contributed by atoms with Crippen LogP contribution in [-0.4, -0.2) is 24.5 Å². The molecule has 0 radical (unpaired) electrons. The van der Waals surface area contributed by atoms with Gasteiger partial charge in [0.05, 0.1) is 13.2 Å². The third-order valence-electron chi connectivity index (χ3n) is 3.17. The Bertz CT molecular complexity index is 619. The van der Waals surface area contributed by atoms with Crippen LogP contribution in [0.3, 0.4) is 0 Å². The molecule has 2 aromatic rings. The maximum absolute atomic E-state index is 12.6. The standard InChI is InChI=1S/C14H14F3NO2.ClH/c1-20-11-7-6-10(8-4-2-3-5-9(8)11)12(18)13(19)14(15,16)17;/h2-7,12-13,19H,18H2,1H3;1H/t12-,13-;/m1./s1. The van der Waals surface area contributed by atoms with Crippen LogP contribution in [0, 0.1) is 0 Å². The van der Waals surface area contributed by atoms with Crippen molar-refractivity contribution in [1.29, 1.82) is 0 Å². The van der Waals surface area contributed by atoms with E-state index in [9.17, 15) is 18.3 Å². The normalized spacial score (nSPS) is 14.4. The summed E-state index contributed by atoms with van der Waals surface area (Å²) < 4.78 is 42.9. The van der Waals surface area contributed by atoms with Gasteiger partial charge in [0.2, 0.25) is 0 Å². The van der Waals surface area contributed by atoms with Crippen LogP contribution in [-0.2, 0) is 0 Å². The summed E-state index contributed by atoms with van der Waals surface area (Å²) in [5, 5.41) is 10.5. The van der Waals surface area contributed by atoms with E-state index in [2.05, 4.69) is 0 Å². The molecule has 2 aromatic carbocycles. The zero-order chi connectivity index (χ0) is 14.9. The van der Waals surface area contributed by atoms with Crippen molar-refractivity contribution in [3.8, 4) is 5.75 Å². The van der Waals surface area contributed by atoms with Gasteiger partial charge in [-0.15, -0.1) is 12.4 Å². The fraction of sp³-hybridized carbons (Fsp3) is 0.286. The third kappa shape index (κ3) is 3.40. The molecule has 0 heterocycles. The number of methoxy groups -OCH3 is 1. The highest BCUT2D eigenvalue weighted by Crippen LogP contribution is 2.35. The van der Waals surface area contributed by atoms with Crippen molar-refractivity contribution in [2.75, 3.05) is 7.11 Å². The van der Waals surface area contributed by atoms with E-state index in [1.807, 2.05) is 0 Å². The van der Waals surface area contributed by atoms with Crippen LogP contribution in [0.25, 0.3) is 10.8 Å². The van der Waals surface area contributed by atoms with Gasteiger partial charge in [-0.2, -0.15) is 13.2 Å². The minimum atomic E-state index is -4.76. The van der Waals surface area contributed by atoms with Gasteiger partial charge in [0.1, 0.15) is 5.75 Å². The smallest absolute Gasteiger partial charge is 0.416 e. The van der Waals surface area contributed by atoms with Gasteiger partial charge in [-0.25, -0.2) is 0 Å². The Hall–Kier alpha value is -1.50. The molecule has 0 bridgehead atoms. The number of alkyl halides is 3. The number of rotatable bonds is 3. The molecular formula is C14H15ClF3NO2. The zero-order valence-electron chi connectivity index (χ0n) is 11.1. The molecule has 0 fully saturated rings. The number of halogens is 4. The Morgan fingerprint density at radius 3 is 2.19 bits per heavy atom. The Balaban J connectivity index is 0.00000220. The topological polar surface area (TPSA) is 55.5 Å². The molecule has 0 saturated carbocycles. The number of hydrogen-bond donors (Lipinski definition) is 2. The van der Waals surface area contributed by atoms with Crippen LogP contribution in [0.5, 0.6) is 5.75 Å². The van der Waals surface area contributed by atoms with Crippen LogP contribution in [0.4, 0.5) is 13.2 Å². The van der Waals surface area contributed by atoms with Gasteiger partial charge in [-0.05, 0) is 17.0 Å². The molecule has 0 aromatic heterocycles. The lowest BCUT2D eigenvalue weighted by molar-refractivity contribution is -0.210. The van der Waals surface area contributed by atoms with Gasteiger partial charge in [0.25, 0.3) is 0 Å². The average Bonchev–Trinajstić information content (AvgIpc) is 2.43. The highest BCUT2D eigenvalue weighted by molar-refractivity contribution is 5.91. The van der Waals surface area contributed by atoms with E-state index in [1.54, 1.807) is 30.3 Å². The molecule has 0 saturated heterocycles. The Morgan fingerprint density at radius 1 is 1.10 bits per heavy atom. The van der Waals surface area contributed by atoms with Crippen molar-refractivity contribution in [2.24, 2.45) is 5.73 Å². The highest BCUT2D eigenvalue weighted by Gasteiger charge is 2.43. The van der Waals surface area contributed by atoms with Crippen molar-refractivity contribution in [1.82, 2.24) is 0 Å². The first-order valence-electron chi connectivity index (χ1n) is 5.92.